The first kappa shape index (κ1) is 28.1. The molecule has 2 aliphatic rings. The first-order chi connectivity index (χ1) is 18.9. The van der Waals surface area contributed by atoms with E-state index in [9.17, 15) is 9.59 Å². The fraction of sp³-hybridized carbons (Fsp3) is 0.515. The van der Waals surface area contributed by atoms with Crippen molar-refractivity contribution >= 4 is 11.9 Å². The van der Waals surface area contributed by atoms with Gasteiger partial charge in [-0.15, -0.1) is 0 Å². The third kappa shape index (κ3) is 5.98. The standard InChI is InChI=1S/C33H42N4O3/c1-32(2,3)37-28-13-12-24(18-26(28)30(35-37)23-14-16-34-17-15-23)29(38)19-25-20-36(31(39)40-33(4,5)6)21-27(25)22-10-8-7-9-11-22/h7-11,14-17,24-25,27H,12-13,18-21H2,1-6H3/t24?,25-,27+/m0/s1. The summed E-state index contributed by atoms with van der Waals surface area (Å²) < 4.78 is 7.84. The summed E-state index contributed by atoms with van der Waals surface area (Å²) in [4.78, 5) is 32.9. The van der Waals surface area contributed by atoms with E-state index in [0.717, 1.165) is 24.1 Å². The van der Waals surface area contributed by atoms with Gasteiger partial charge in [0.25, 0.3) is 0 Å². The zero-order chi connectivity index (χ0) is 28.7. The lowest BCUT2D eigenvalue weighted by atomic mass is 9.78. The van der Waals surface area contributed by atoms with Gasteiger partial charge in [0.05, 0.1) is 11.2 Å². The molecule has 0 N–H and O–H groups in total. The van der Waals surface area contributed by atoms with Crippen molar-refractivity contribution < 1.29 is 14.3 Å². The first-order valence-corrected chi connectivity index (χ1v) is 14.5. The van der Waals surface area contributed by atoms with Crippen LogP contribution in [0.4, 0.5) is 4.79 Å². The van der Waals surface area contributed by atoms with Gasteiger partial charge in [0, 0.05) is 60.6 Å². The van der Waals surface area contributed by atoms with Gasteiger partial charge >= 0.3 is 6.09 Å². The minimum atomic E-state index is -0.558. The van der Waals surface area contributed by atoms with Crippen molar-refractivity contribution in [3.63, 3.8) is 0 Å². The van der Waals surface area contributed by atoms with Crippen LogP contribution in [0.5, 0.6) is 0 Å². The second-order valence-electron chi connectivity index (χ2n) is 13.4. The third-order valence-electron chi connectivity index (χ3n) is 8.10. The predicted molar refractivity (Wildman–Crippen MR) is 156 cm³/mol. The third-order valence-corrected chi connectivity index (χ3v) is 8.10. The van der Waals surface area contributed by atoms with Gasteiger partial charge in [-0.1, -0.05) is 30.3 Å². The summed E-state index contributed by atoms with van der Waals surface area (Å²) in [6.07, 6.45) is 6.09. The van der Waals surface area contributed by atoms with E-state index in [4.69, 9.17) is 9.84 Å². The fourth-order valence-electron chi connectivity index (χ4n) is 6.24. The highest BCUT2D eigenvalue weighted by Crippen LogP contribution is 2.40. The molecule has 0 spiro atoms. The fourth-order valence-corrected chi connectivity index (χ4v) is 6.24. The lowest BCUT2D eigenvalue weighted by Crippen LogP contribution is -2.35. The Bertz CT molecular complexity index is 1350. The maximum Gasteiger partial charge on any atom is 0.410 e. The Balaban J connectivity index is 1.38. The van der Waals surface area contributed by atoms with Crippen LogP contribution in [0.15, 0.2) is 54.9 Å². The van der Waals surface area contributed by atoms with Crippen LogP contribution in [-0.2, 0) is 27.9 Å². The average Bonchev–Trinajstić information content (AvgIpc) is 3.50. The topological polar surface area (TPSA) is 77.3 Å². The molecule has 1 saturated heterocycles. The summed E-state index contributed by atoms with van der Waals surface area (Å²) >= 11 is 0. The van der Waals surface area contributed by atoms with Gasteiger partial charge in [0.15, 0.2) is 0 Å². The molecular formula is C33H42N4O3. The van der Waals surface area contributed by atoms with Crippen molar-refractivity contribution in [2.45, 2.75) is 84.3 Å². The Morgan fingerprint density at radius 1 is 0.975 bits per heavy atom. The van der Waals surface area contributed by atoms with Crippen LogP contribution >= 0.6 is 0 Å². The SMILES string of the molecule is CC(C)(C)OC(=O)N1C[C@H](CC(=O)C2CCc3c(c(-c4ccncc4)nn3C(C)(C)C)C2)[C@@H](c2ccccc2)C1. The van der Waals surface area contributed by atoms with E-state index in [1.165, 1.54) is 16.8 Å². The number of fused-ring (bicyclic) bond motifs is 1. The monoisotopic (exact) mass is 542 g/mol. The van der Waals surface area contributed by atoms with E-state index in [0.29, 0.717) is 25.9 Å². The van der Waals surface area contributed by atoms with Crippen LogP contribution in [0.25, 0.3) is 11.3 Å². The number of rotatable bonds is 5. The van der Waals surface area contributed by atoms with Crippen molar-refractivity contribution in [3.8, 4) is 11.3 Å². The highest BCUT2D eigenvalue weighted by Gasteiger charge is 2.41. The lowest BCUT2D eigenvalue weighted by Gasteiger charge is -2.28. The molecule has 0 radical (unpaired) electrons. The number of carbonyl (C=O) groups excluding carboxylic acids is 2. The van der Waals surface area contributed by atoms with Crippen molar-refractivity contribution in [1.29, 1.82) is 0 Å². The van der Waals surface area contributed by atoms with E-state index in [2.05, 4.69) is 42.6 Å². The first-order valence-electron chi connectivity index (χ1n) is 14.5. The molecule has 3 aromatic rings. The van der Waals surface area contributed by atoms with Crippen LogP contribution in [0.2, 0.25) is 0 Å². The number of carbonyl (C=O) groups is 2. The molecule has 7 heteroatoms. The van der Waals surface area contributed by atoms with Gasteiger partial charge in [-0.3, -0.25) is 14.5 Å². The molecule has 0 saturated carbocycles. The molecule has 1 aromatic carbocycles. The smallest absolute Gasteiger partial charge is 0.410 e. The molecule has 0 bridgehead atoms. The summed E-state index contributed by atoms with van der Waals surface area (Å²) in [5.41, 5.74) is 4.89. The maximum absolute atomic E-state index is 13.9. The van der Waals surface area contributed by atoms with Crippen molar-refractivity contribution in [2.75, 3.05) is 13.1 Å². The van der Waals surface area contributed by atoms with E-state index in [-0.39, 0.29) is 35.2 Å². The van der Waals surface area contributed by atoms with E-state index < -0.39 is 5.60 Å². The van der Waals surface area contributed by atoms with Gasteiger partial charge in [-0.2, -0.15) is 5.10 Å². The van der Waals surface area contributed by atoms with Crippen LogP contribution in [0, 0.1) is 11.8 Å². The van der Waals surface area contributed by atoms with Gasteiger partial charge < -0.3 is 9.64 Å². The quantitative estimate of drug-likeness (QED) is 0.372. The molecule has 3 heterocycles. The van der Waals surface area contributed by atoms with Gasteiger partial charge in [-0.05, 0) is 84.4 Å². The van der Waals surface area contributed by atoms with Gasteiger partial charge in [0.1, 0.15) is 11.4 Å². The van der Waals surface area contributed by atoms with E-state index >= 15 is 0 Å². The van der Waals surface area contributed by atoms with E-state index in [1.54, 1.807) is 17.3 Å². The maximum atomic E-state index is 13.9. The number of amides is 1. The number of hydrogen-bond donors (Lipinski definition) is 0. The Labute approximate surface area is 237 Å². The normalized spacial score (nSPS) is 21.2. The lowest BCUT2D eigenvalue weighted by molar-refractivity contribution is -0.124. The number of ketones is 1. The number of Topliss-reactive ketones (excluding diaryl/α,β-unsaturated/α-hetero) is 1. The average molecular weight is 543 g/mol. The van der Waals surface area contributed by atoms with Gasteiger partial charge in [0.2, 0.25) is 0 Å². The van der Waals surface area contributed by atoms with Crippen LogP contribution in [0.1, 0.15) is 77.1 Å². The molecule has 1 amide bonds. The zero-order valence-electron chi connectivity index (χ0n) is 24.7. The van der Waals surface area contributed by atoms with Crippen molar-refractivity contribution in [2.24, 2.45) is 11.8 Å². The molecule has 40 heavy (non-hydrogen) atoms. The molecule has 5 rings (SSSR count). The molecule has 1 aliphatic heterocycles. The second-order valence-corrected chi connectivity index (χ2v) is 13.4. The Hall–Kier alpha value is -3.48. The molecule has 3 atom stereocenters. The minimum absolute atomic E-state index is 0.0563. The Kier molecular flexibility index (Phi) is 7.60. The molecule has 2 aromatic heterocycles. The second kappa shape index (κ2) is 10.8. The molecule has 1 unspecified atom stereocenters. The highest BCUT2D eigenvalue weighted by atomic mass is 16.6. The minimum Gasteiger partial charge on any atom is -0.444 e. The molecule has 1 fully saturated rings. The molecule has 1 aliphatic carbocycles. The van der Waals surface area contributed by atoms with Crippen LogP contribution in [-0.4, -0.2) is 50.2 Å². The molecule has 212 valence electrons. The number of benzene rings is 1. The predicted octanol–water partition coefficient (Wildman–Crippen LogP) is 6.41. The van der Waals surface area contributed by atoms with Crippen molar-refractivity contribution in [1.82, 2.24) is 19.7 Å². The number of likely N-dealkylation sites (tertiary alicyclic amines) is 1. The summed E-state index contributed by atoms with van der Waals surface area (Å²) in [6.45, 7) is 13.3. The number of hydrogen-bond acceptors (Lipinski definition) is 5. The summed E-state index contributed by atoms with van der Waals surface area (Å²) in [7, 11) is 0. The van der Waals surface area contributed by atoms with Crippen LogP contribution in [0.3, 0.4) is 0 Å². The Morgan fingerprint density at radius 2 is 1.68 bits per heavy atom. The summed E-state index contributed by atoms with van der Waals surface area (Å²) in [6, 6.07) is 14.3. The summed E-state index contributed by atoms with van der Waals surface area (Å²) in [5, 5.41) is 5.06. The number of pyridine rings is 1. The number of aromatic nitrogens is 3. The highest BCUT2D eigenvalue weighted by molar-refractivity contribution is 5.83. The number of nitrogens with zero attached hydrogens (tertiary/aromatic N) is 4. The van der Waals surface area contributed by atoms with Crippen molar-refractivity contribution in [3.05, 3.63) is 71.7 Å². The van der Waals surface area contributed by atoms with Crippen LogP contribution < -0.4 is 0 Å². The molecular weight excluding hydrogens is 500 g/mol. The Morgan fingerprint density at radius 3 is 2.33 bits per heavy atom. The zero-order valence-corrected chi connectivity index (χ0v) is 24.7. The van der Waals surface area contributed by atoms with Gasteiger partial charge in [-0.25, -0.2) is 4.79 Å². The van der Waals surface area contributed by atoms with E-state index in [1.807, 2.05) is 51.1 Å². The molecule has 7 nitrogen and oxygen atoms in total. The summed E-state index contributed by atoms with van der Waals surface area (Å²) in [5.74, 6) is 0.387. The number of ether oxygens (including phenoxy) is 1. The largest absolute Gasteiger partial charge is 0.444 e.